The van der Waals surface area contributed by atoms with E-state index in [1.807, 2.05) is 0 Å². The number of nitrogens with zero attached hydrogens (tertiary/aromatic N) is 1. The molecule has 1 heteroatoms. The molecule has 0 saturated carbocycles. The Morgan fingerprint density at radius 3 is 2.33 bits per heavy atom. The summed E-state index contributed by atoms with van der Waals surface area (Å²) in [5, 5.41) is 0. The molecule has 0 N–H and O–H groups in total. The number of rotatable bonds is 2. The largest absolute Gasteiger partial charge is 0.297 e. The van der Waals surface area contributed by atoms with E-state index in [2.05, 4.69) is 39.3 Å². The summed E-state index contributed by atoms with van der Waals surface area (Å²) >= 11 is 0. The summed E-state index contributed by atoms with van der Waals surface area (Å²) in [7, 11) is 2.22. The summed E-state index contributed by atoms with van der Waals surface area (Å²) in [6.07, 6.45) is 2.63. The van der Waals surface area contributed by atoms with Crippen LogP contribution in [0.4, 0.5) is 0 Å². The first-order chi connectivity index (χ1) is 5.54. The number of hydrogen-bond donors (Lipinski definition) is 0. The molecule has 1 aliphatic heterocycles. The third kappa shape index (κ3) is 1.71. The highest BCUT2D eigenvalue weighted by Crippen LogP contribution is 2.29. The Hall–Kier alpha value is -0.300. The van der Waals surface area contributed by atoms with E-state index in [9.17, 15) is 0 Å². The van der Waals surface area contributed by atoms with Gasteiger partial charge in [-0.2, -0.15) is 0 Å². The maximum Gasteiger partial charge on any atom is 0.0307 e. The normalized spacial score (nSPS) is 31.4. The van der Waals surface area contributed by atoms with Crippen LogP contribution in [0.3, 0.4) is 0 Å². The molecule has 1 saturated heterocycles. The second kappa shape index (κ2) is 3.61. The molecular weight excluding hydrogens is 146 g/mol. The van der Waals surface area contributed by atoms with Gasteiger partial charge in [-0.05, 0) is 32.7 Å². The summed E-state index contributed by atoms with van der Waals surface area (Å²) < 4.78 is 0. The first-order valence-corrected chi connectivity index (χ1v) is 4.94. The molecule has 12 heavy (non-hydrogen) atoms. The van der Waals surface area contributed by atoms with Crippen molar-refractivity contribution in [3.63, 3.8) is 0 Å². The average Bonchev–Trinajstić information content (AvgIpc) is 2.32. The first-order valence-electron chi connectivity index (χ1n) is 4.94. The van der Waals surface area contributed by atoms with Crippen LogP contribution in [0.1, 0.15) is 33.6 Å². The van der Waals surface area contributed by atoms with Gasteiger partial charge in [-0.15, -0.1) is 0 Å². The molecule has 70 valence electrons. The minimum atomic E-state index is 0.628. The van der Waals surface area contributed by atoms with Crippen molar-refractivity contribution in [1.29, 1.82) is 0 Å². The molecule has 1 fully saturated rings. The van der Waals surface area contributed by atoms with Crippen molar-refractivity contribution in [2.45, 2.75) is 45.7 Å². The molecule has 1 nitrogen and oxygen atoms in total. The van der Waals surface area contributed by atoms with E-state index in [0.717, 1.165) is 6.04 Å². The number of hydrogen-bond acceptors (Lipinski definition) is 1. The Kier molecular flexibility index (Phi) is 2.94. The monoisotopic (exact) mass is 167 g/mol. The molecule has 0 aromatic rings. The quantitative estimate of drug-likeness (QED) is 0.572. The Bertz CT molecular complexity index is 172. The van der Waals surface area contributed by atoms with Crippen LogP contribution in [0.25, 0.3) is 0 Å². The van der Waals surface area contributed by atoms with Gasteiger partial charge in [0.1, 0.15) is 0 Å². The third-order valence-corrected chi connectivity index (χ3v) is 3.21. The maximum absolute atomic E-state index is 4.18. The van der Waals surface area contributed by atoms with Crippen molar-refractivity contribution < 1.29 is 0 Å². The zero-order chi connectivity index (χ0) is 9.30. The van der Waals surface area contributed by atoms with Crippen LogP contribution < -0.4 is 0 Å². The maximum atomic E-state index is 4.18. The smallest absolute Gasteiger partial charge is 0.0307 e. The van der Waals surface area contributed by atoms with Crippen LogP contribution in [0.15, 0.2) is 12.2 Å². The fourth-order valence-electron chi connectivity index (χ4n) is 1.95. The highest BCUT2D eigenvalue weighted by atomic mass is 15.2. The Morgan fingerprint density at radius 2 is 2.00 bits per heavy atom. The summed E-state index contributed by atoms with van der Waals surface area (Å²) in [6, 6.07) is 1.38. The van der Waals surface area contributed by atoms with E-state index in [1.165, 1.54) is 18.4 Å². The van der Waals surface area contributed by atoms with Gasteiger partial charge in [0.2, 0.25) is 0 Å². The van der Waals surface area contributed by atoms with Crippen molar-refractivity contribution in [3.8, 4) is 0 Å². The van der Waals surface area contributed by atoms with Gasteiger partial charge in [0.15, 0.2) is 0 Å². The van der Waals surface area contributed by atoms with E-state index < -0.39 is 0 Å². The lowest BCUT2D eigenvalue weighted by atomic mass is 9.96. The minimum absolute atomic E-state index is 0.628. The van der Waals surface area contributed by atoms with Gasteiger partial charge >= 0.3 is 0 Å². The second-order valence-corrected chi connectivity index (χ2v) is 4.34. The van der Waals surface area contributed by atoms with Gasteiger partial charge in [-0.1, -0.05) is 26.0 Å². The molecule has 1 aliphatic rings. The zero-order valence-electron chi connectivity index (χ0n) is 8.80. The Balaban J connectivity index is 2.59. The van der Waals surface area contributed by atoms with Gasteiger partial charge in [-0.3, -0.25) is 4.90 Å². The average molecular weight is 167 g/mol. The predicted molar refractivity (Wildman–Crippen MR) is 54.2 cm³/mol. The van der Waals surface area contributed by atoms with Crippen molar-refractivity contribution in [2.24, 2.45) is 5.92 Å². The minimum Gasteiger partial charge on any atom is -0.297 e. The number of likely N-dealkylation sites (N-methyl/N-ethyl adjacent to an activating group) is 1. The van der Waals surface area contributed by atoms with Crippen molar-refractivity contribution in [2.75, 3.05) is 7.05 Å². The fraction of sp³-hybridized carbons (Fsp3) is 0.818. The lowest BCUT2D eigenvalue weighted by Crippen LogP contribution is -2.32. The standard InChI is InChI=1S/C11H21N/c1-8(2)10(4)11-7-6-9(3)12(11)5/h8-9,11H,4,6-7H2,1-3,5H3. The van der Waals surface area contributed by atoms with Gasteiger partial charge in [0, 0.05) is 12.1 Å². The highest BCUT2D eigenvalue weighted by Gasteiger charge is 2.29. The van der Waals surface area contributed by atoms with Crippen molar-refractivity contribution in [1.82, 2.24) is 4.90 Å². The summed E-state index contributed by atoms with van der Waals surface area (Å²) in [4.78, 5) is 2.46. The molecule has 1 heterocycles. The molecular formula is C11H21N. The van der Waals surface area contributed by atoms with E-state index in [0.29, 0.717) is 12.0 Å². The zero-order valence-corrected chi connectivity index (χ0v) is 8.80. The van der Waals surface area contributed by atoms with Gasteiger partial charge < -0.3 is 0 Å². The fourth-order valence-corrected chi connectivity index (χ4v) is 1.95. The van der Waals surface area contributed by atoms with Gasteiger partial charge in [-0.25, -0.2) is 0 Å². The Morgan fingerprint density at radius 1 is 1.42 bits per heavy atom. The van der Waals surface area contributed by atoms with E-state index >= 15 is 0 Å². The van der Waals surface area contributed by atoms with Crippen LogP contribution in [0, 0.1) is 5.92 Å². The SMILES string of the molecule is C=C(C(C)C)C1CCC(C)N1C. The van der Waals surface area contributed by atoms with Crippen molar-refractivity contribution >= 4 is 0 Å². The van der Waals surface area contributed by atoms with Crippen LogP contribution >= 0.6 is 0 Å². The predicted octanol–water partition coefficient (Wildman–Crippen LogP) is 2.68. The molecule has 0 bridgehead atoms. The second-order valence-electron chi connectivity index (χ2n) is 4.34. The summed E-state index contributed by atoms with van der Waals surface area (Å²) in [5.74, 6) is 0.628. The van der Waals surface area contributed by atoms with Crippen LogP contribution in [0.2, 0.25) is 0 Å². The molecule has 2 atom stereocenters. The van der Waals surface area contributed by atoms with Crippen LogP contribution in [-0.4, -0.2) is 24.0 Å². The summed E-state index contributed by atoms with van der Waals surface area (Å²) in [5.41, 5.74) is 1.40. The van der Waals surface area contributed by atoms with Crippen LogP contribution in [-0.2, 0) is 0 Å². The van der Waals surface area contributed by atoms with Gasteiger partial charge in [0.05, 0.1) is 0 Å². The molecule has 1 rings (SSSR count). The highest BCUT2D eigenvalue weighted by molar-refractivity contribution is 5.11. The Labute approximate surface area is 76.5 Å². The van der Waals surface area contributed by atoms with Gasteiger partial charge in [0.25, 0.3) is 0 Å². The molecule has 0 radical (unpaired) electrons. The van der Waals surface area contributed by atoms with E-state index in [-0.39, 0.29) is 0 Å². The summed E-state index contributed by atoms with van der Waals surface area (Å²) in [6.45, 7) is 10.9. The molecule has 0 spiro atoms. The molecule has 0 amide bonds. The lowest BCUT2D eigenvalue weighted by Gasteiger charge is -2.27. The van der Waals surface area contributed by atoms with Crippen molar-refractivity contribution in [3.05, 3.63) is 12.2 Å². The molecule has 0 aromatic carbocycles. The lowest BCUT2D eigenvalue weighted by molar-refractivity contribution is 0.270. The number of likely N-dealkylation sites (tertiary alicyclic amines) is 1. The molecule has 0 aliphatic carbocycles. The van der Waals surface area contributed by atoms with Crippen LogP contribution in [0.5, 0.6) is 0 Å². The van der Waals surface area contributed by atoms with E-state index in [1.54, 1.807) is 0 Å². The molecule has 2 unspecified atom stereocenters. The molecule has 0 aromatic heterocycles. The third-order valence-electron chi connectivity index (χ3n) is 3.21. The first kappa shape index (κ1) is 9.79. The van der Waals surface area contributed by atoms with E-state index in [4.69, 9.17) is 0 Å². The topological polar surface area (TPSA) is 3.24 Å².